The highest BCUT2D eigenvalue weighted by atomic mass is 16.3. The van der Waals surface area contributed by atoms with E-state index in [4.69, 9.17) is 4.42 Å². The van der Waals surface area contributed by atoms with Crippen LogP contribution in [0.15, 0.2) is 53.3 Å². The number of fused-ring (bicyclic) bond motifs is 1. The number of hydrogen-bond donors (Lipinski definition) is 2. The Morgan fingerprint density at radius 2 is 2.16 bits per heavy atom. The van der Waals surface area contributed by atoms with Gasteiger partial charge < -0.3 is 14.7 Å². The zero-order chi connectivity index (χ0) is 13.1. The van der Waals surface area contributed by atoms with Crippen molar-refractivity contribution in [2.24, 2.45) is 0 Å². The lowest BCUT2D eigenvalue weighted by molar-refractivity contribution is 0.0950. The summed E-state index contributed by atoms with van der Waals surface area (Å²) in [5.41, 5.74) is 2.65. The largest absolute Gasteiger partial charge is 0.472 e. The van der Waals surface area contributed by atoms with Gasteiger partial charge in [-0.05, 0) is 30.2 Å². The maximum absolute atomic E-state index is 12.0. The first kappa shape index (κ1) is 11.6. The molecule has 4 nitrogen and oxygen atoms in total. The summed E-state index contributed by atoms with van der Waals surface area (Å²) in [4.78, 5) is 15.1. The predicted molar refractivity (Wildman–Crippen MR) is 73.0 cm³/mol. The maximum atomic E-state index is 12.0. The highest BCUT2D eigenvalue weighted by Gasteiger charge is 2.08. The number of nitrogens with one attached hydrogen (secondary N) is 2. The topological polar surface area (TPSA) is 58.0 Å². The van der Waals surface area contributed by atoms with Gasteiger partial charge in [-0.15, -0.1) is 0 Å². The zero-order valence-corrected chi connectivity index (χ0v) is 10.3. The Kier molecular flexibility index (Phi) is 3.06. The number of hydrogen-bond acceptors (Lipinski definition) is 2. The van der Waals surface area contributed by atoms with Gasteiger partial charge in [0.1, 0.15) is 5.69 Å². The molecule has 2 heterocycles. The second kappa shape index (κ2) is 5.02. The number of para-hydroxylation sites is 1. The molecule has 0 atom stereocenters. The Morgan fingerprint density at radius 1 is 1.26 bits per heavy atom. The Balaban J connectivity index is 1.63. The summed E-state index contributed by atoms with van der Waals surface area (Å²) < 4.78 is 4.98. The van der Waals surface area contributed by atoms with Gasteiger partial charge >= 0.3 is 0 Å². The van der Waals surface area contributed by atoms with Crippen LogP contribution in [-0.4, -0.2) is 17.4 Å². The summed E-state index contributed by atoms with van der Waals surface area (Å²) in [7, 11) is 0. The zero-order valence-electron chi connectivity index (χ0n) is 10.3. The molecule has 2 N–H and O–H groups in total. The fraction of sp³-hybridized carbons (Fsp3) is 0.133. The van der Waals surface area contributed by atoms with E-state index >= 15 is 0 Å². The van der Waals surface area contributed by atoms with Crippen LogP contribution in [0.5, 0.6) is 0 Å². The van der Waals surface area contributed by atoms with Crippen LogP contribution in [-0.2, 0) is 6.42 Å². The number of aromatic nitrogens is 1. The van der Waals surface area contributed by atoms with Gasteiger partial charge in [0.05, 0.1) is 12.5 Å². The smallest absolute Gasteiger partial charge is 0.267 e. The van der Waals surface area contributed by atoms with Crippen molar-refractivity contribution in [3.8, 4) is 0 Å². The minimum atomic E-state index is -0.0836. The summed E-state index contributed by atoms with van der Waals surface area (Å²) in [6.07, 6.45) is 4.09. The van der Waals surface area contributed by atoms with Crippen molar-refractivity contribution >= 4 is 16.8 Å². The van der Waals surface area contributed by atoms with Crippen LogP contribution in [0.1, 0.15) is 16.1 Å². The van der Waals surface area contributed by atoms with Gasteiger partial charge in [-0.3, -0.25) is 4.79 Å². The lowest BCUT2D eigenvalue weighted by Crippen LogP contribution is -2.25. The molecule has 0 spiro atoms. The van der Waals surface area contributed by atoms with E-state index in [1.165, 1.54) is 0 Å². The SMILES string of the molecule is O=C(NCCc1ccoc1)c1cc2ccccc2[nH]1. The average molecular weight is 254 g/mol. The lowest BCUT2D eigenvalue weighted by atomic mass is 10.2. The van der Waals surface area contributed by atoms with E-state index in [0.717, 1.165) is 22.9 Å². The summed E-state index contributed by atoms with van der Waals surface area (Å²) in [6.45, 7) is 0.591. The molecule has 0 radical (unpaired) electrons. The maximum Gasteiger partial charge on any atom is 0.267 e. The molecule has 0 fully saturated rings. The third-order valence-electron chi connectivity index (χ3n) is 3.05. The van der Waals surface area contributed by atoms with Gasteiger partial charge in [0.2, 0.25) is 0 Å². The molecule has 0 saturated carbocycles. The Hall–Kier alpha value is -2.49. The van der Waals surface area contributed by atoms with Gasteiger partial charge in [0, 0.05) is 17.4 Å². The fourth-order valence-corrected chi connectivity index (χ4v) is 2.05. The van der Waals surface area contributed by atoms with E-state index in [-0.39, 0.29) is 5.91 Å². The molecule has 96 valence electrons. The number of furan rings is 1. The molecule has 0 aliphatic rings. The summed E-state index contributed by atoms with van der Waals surface area (Å²) in [5.74, 6) is -0.0836. The molecule has 0 unspecified atom stereocenters. The quantitative estimate of drug-likeness (QED) is 0.752. The van der Waals surface area contributed by atoms with Crippen molar-refractivity contribution in [1.29, 1.82) is 0 Å². The first-order valence-electron chi connectivity index (χ1n) is 6.20. The summed E-state index contributed by atoms with van der Waals surface area (Å²) in [6, 6.07) is 11.6. The van der Waals surface area contributed by atoms with Crippen LogP contribution in [0, 0.1) is 0 Å². The molecular formula is C15H14N2O2. The van der Waals surface area contributed by atoms with Crippen molar-refractivity contribution in [1.82, 2.24) is 10.3 Å². The highest BCUT2D eigenvalue weighted by Crippen LogP contribution is 2.14. The number of amides is 1. The van der Waals surface area contributed by atoms with Crippen LogP contribution in [0.3, 0.4) is 0 Å². The van der Waals surface area contributed by atoms with E-state index < -0.39 is 0 Å². The van der Waals surface area contributed by atoms with Crippen molar-refractivity contribution in [3.63, 3.8) is 0 Å². The number of benzene rings is 1. The van der Waals surface area contributed by atoms with E-state index in [1.54, 1.807) is 12.5 Å². The Bertz CT molecular complexity index is 650. The van der Waals surface area contributed by atoms with Crippen LogP contribution in [0.4, 0.5) is 0 Å². The molecule has 0 saturated heterocycles. The summed E-state index contributed by atoms with van der Waals surface area (Å²) >= 11 is 0. The van der Waals surface area contributed by atoms with Crippen LogP contribution in [0.2, 0.25) is 0 Å². The molecule has 0 aliphatic heterocycles. The van der Waals surface area contributed by atoms with E-state index in [9.17, 15) is 4.79 Å². The molecule has 1 amide bonds. The van der Waals surface area contributed by atoms with Crippen molar-refractivity contribution in [3.05, 3.63) is 60.2 Å². The van der Waals surface area contributed by atoms with Gasteiger partial charge in [0.15, 0.2) is 0 Å². The standard InChI is InChI=1S/C15H14N2O2/c18-15(16-7-5-11-6-8-19-10-11)14-9-12-3-1-2-4-13(12)17-14/h1-4,6,8-10,17H,5,7H2,(H,16,18). The Labute approximate surface area is 110 Å². The number of carbonyl (C=O) groups excluding carboxylic acids is 1. The molecule has 19 heavy (non-hydrogen) atoms. The molecule has 3 rings (SSSR count). The number of rotatable bonds is 4. The van der Waals surface area contributed by atoms with Crippen LogP contribution < -0.4 is 5.32 Å². The molecule has 2 aromatic heterocycles. The third kappa shape index (κ3) is 2.52. The van der Waals surface area contributed by atoms with Crippen LogP contribution in [0.25, 0.3) is 10.9 Å². The van der Waals surface area contributed by atoms with Gasteiger partial charge in [-0.25, -0.2) is 0 Å². The van der Waals surface area contributed by atoms with E-state index in [2.05, 4.69) is 10.3 Å². The number of aromatic amines is 1. The fourth-order valence-electron chi connectivity index (χ4n) is 2.05. The second-order valence-corrected chi connectivity index (χ2v) is 4.41. The second-order valence-electron chi connectivity index (χ2n) is 4.41. The molecule has 4 heteroatoms. The van der Waals surface area contributed by atoms with Gasteiger partial charge in [-0.1, -0.05) is 18.2 Å². The first-order valence-corrected chi connectivity index (χ1v) is 6.20. The number of H-pyrrole nitrogens is 1. The van der Waals surface area contributed by atoms with Gasteiger partial charge in [-0.2, -0.15) is 0 Å². The van der Waals surface area contributed by atoms with Gasteiger partial charge in [0.25, 0.3) is 5.91 Å². The lowest BCUT2D eigenvalue weighted by Gasteiger charge is -2.01. The normalized spacial score (nSPS) is 10.7. The minimum Gasteiger partial charge on any atom is -0.472 e. The minimum absolute atomic E-state index is 0.0836. The number of carbonyl (C=O) groups is 1. The Morgan fingerprint density at radius 3 is 2.95 bits per heavy atom. The molecule has 0 bridgehead atoms. The third-order valence-corrected chi connectivity index (χ3v) is 3.05. The molecule has 3 aromatic rings. The van der Waals surface area contributed by atoms with Crippen molar-refractivity contribution in [2.45, 2.75) is 6.42 Å². The van der Waals surface area contributed by atoms with E-state index in [0.29, 0.717) is 12.2 Å². The van der Waals surface area contributed by atoms with Crippen molar-refractivity contribution in [2.75, 3.05) is 6.54 Å². The molecule has 0 aliphatic carbocycles. The highest BCUT2D eigenvalue weighted by molar-refractivity contribution is 5.97. The van der Waals surface area contributed by atoms with E-state index in [1.807, 2.05) is 36.4 Å². The van der Waals surface area contributed by atoms with Crippen LogP contribution >= 0.6 is 0 Å². The monoisotopic (exact) mass is 254 g/mol. The predicted octanol–water partition coefficient (Wildman–Crippen LogP) is 2.73. The first-order chi connectivity index (χ1) is 9.33. The molecular weight excluding hydrogens is 240 g/mol. The van der Waals surface area contributed by atoms with Crippen molar-refractivity contribution < 1.29 is 9.21 Å². The molecule has 1 aromatic carbocycles. The summed E-state index contributed by atoms with van der Waals surface area (Å²) in [5, 5.41) is 3.93. The average Bonchev–Trinajstić information content (AvgIpc) is 3.07.